The molecule has 0 bridgehead atoms. The fourth-order valence-electron chi connectivity index (χ4n) is 3.04. The van der Waals surface area contributed by atoms with Crippen LogP contribution in [0.2, 0.25) is 0 Å². The van der Waals surface area contributed by atoms with Gasteiger partial charge in [-0.2, -0.15) is 15.3 Å². The molecular formula is C20H21N7O. The van der Waals surface area contributed by atoms with Crippen molar-refractivity contribution in [2.24, 2.45) is 7.05 Å². The number of nitrogens with one attached hydrogen (secondary N) is 1. The zero-order chi connectivity index (χ0) is 19.7. The molecule has 1 N–H and O–H groups in total. The minimum Gasteiger partial charge on any atom is -0.494 e. The molecule has 28 heavy (non-hydrogen) atoms. The number of anilines is 1. The van der Waals surface area contributed by atoms with Crippen molar-refractivity contribution in [2.45, 2.75) is 19.9 Å². The van der Waals surface area contributed by atoms with E-state index in [1.165, 1.54) is 6.33 Å². The van der Waals surface area contributed by atoms with Crippen molar-refractivity contribution in [2.75, 3.05) is 12.4 Å². The Hall–Kier alpha value is -3.55. The first-order valence-electron chi connectivity index (χ1n) is 8.94. The van der Waals surface area contributed by atoms with Gasteiger partial charge in [0.2, 0.25) is 0 Å². The van der Waals surface area contributed by atoms with E-state index in [9.17, 15) is 0 Å². The number of hydrogen-bond acceptors (Lipinski definition) is 7. The number of hydrogen-bond donors (Lipinski definition) is 1. The van der Waals surface area contributed by atoms with Crippen LogP contribution < -0.4 is 10.1 Å². The van der Waals surface area contributed by atoms with Crippen molar-refractivity contribution in [1.82, 2.24) is 29.9 Å². The van der Waals surface area contributed by atoms with Gasteiger partial charge in [-0.15, -0.1) is 0 Å². The van der Waals surface area contributed by atoms with Gasteiger partial charge in [0.25, 0.3) is 0 Å². The van der Waals surface area contributed by atoms with E-state index in [0.717, 1.165) is 33.5 Å². The molecule has 0 amide bonds. The number of nitrogens with zero attached hydrogens (tertiary/aromatic N) is 6. The molecule has 1 atom stereocenters. The van der Waals surface area contributed by atoms with Crippen LogP contribution in [0.4, 0.5) is 5.82 Å². The molecule has 4 aromatic rings. The fourth-order valence-corrected chi connectivity index (χ4v) is 3.04. The Kier molecular flexibility index (Phi) is 4.60. The Morgan fingerprint density at radius 2 is 1.96 bits per heavy atom. The first-order valence-corrected chi connectivity index (χ1v) is 8.94. The Bertz CT molecular complexity index is 1120. The Balaban J connectivity index is 1.78. The van der Waals surface area contributed by atoms with Crippen LogP contribution in [0.1, 0.15) is 24.4 Å². The highest BCUT2D eigenvalue weighted by Crippen LogP contribution is 2.34. The highest BCUT2D eigenvalue weighted by Gasteiger charge is 2.15. The Morgan fingerprint density at radius 1 is 1.11 bits per heavy atom. The lowest BCUT2D eigenvalue weighted by Crippen LogP contribution is -2.11. The van der Waals surface area contributed by atoms with E-state index in [1.54, 1.807) is 11.8 Å². The summed E-state index contributed by atoms with van der Waals surface area (Å²) in [5.74, 6) is 1.38. The lowest BCUT2D eigenvalue weighted by Gasteiger charge is -2.16. The molecule has 8 nitrogen and oxygen atoms in total. The van der Waals surface area contributed by atoms with E-state index >= 15 is 0 Å². The summed E-state index contributed by atoms with van der Waals surface area (Å²) in [6.07, 6.45) is 3.44. The molecule has 0 unspecified atom stereocenters. The van der Waals surface area contributed by atoms with Gasteiger partial charge in [-0.3, -0.25) is 4.68 Å². The van der Waals surface area contributed by atoms with Gasteiger partial charge >= 0.3 is 0 Å². The van der Waals surface area contributed by atoms with Crippen molar-refractivity contribution >= 4 is 16.7 Å². The van der Waals surface area contributed by atoms with Crippen molar-refractivity contribution in [3.63, 3.8) is 0 Å². The van der Waals surface area contributed by atoms with E-state index in [0.29, 0.717) is 11.6 Å². The van der Waals surface area contributed by atoms with Gasteiger partial charge in [0.15, 0.2) is 0 Å². The molecule has 0 aliphatic rings. The summed E-state index contributed by atoms with van der Waals surface area (Å²) in [6, 6.07) is 9.76. The average molecular weight is 375 g/mol. The topological polar surface area (TPSA) is 90.6 Å². The highest BCUT2D eigenvalue weighted by molar-refractivity contribution is 5.96. The van der Waals surface area contributed by atoms with Crippen LogP contribution in [0, 0.1) is 6.92 Å². The molecule has 4 rings (SSSR count). The number of aromatic nitrogens is 6. The average Bonchev–Trinajstić information content (AvgIpc) is 3.14. The van der Waals surface area contributed by atoms with Crippen LogP contribution in [-0.4, -0.2) is 37.1 Å². The number of rotatable bonds is 5. The molecule has 142 valence electrons. The van der Waals surface area contributed by atoms with Crippen molar-refractivity contribution in [3.05, 3.63) is 54.2 Å². The highest BCUT2D eigenvalue weighted by atomic mass is 16.5. The van der Waals surface area contributed by atoms with Crippen LogP contribution >= 0.6 is 0 Å². The van der Waals surface area contributed by atoms with E-state index < -0.39 is 0 Å². The van der Waals surface area contributed by atoms with E-state index in [1.807, 2.05) is 57.4 Å². The molecular weight excluding hydrogens is 354 g/mol. The second kappa shape index (κ2) is 7.22. The Labute approximate surface area is 162 Å². The number of aryl methyl sites for hydroxylation is 2. The van der Waals surface area contributed by atoms with Gasteiger partial charge in [0.1, 0.15) is 23.4 Å². The zero-order valence-corrected chi connectivity index (χ0v) is 16.2. The Morgan fingerprint density at radius 3 is 2.64 bits per heavy atom. The quantitative estimate of drug-likeness (QED) is 0.572. The lowest BCUT2D eigenvalue weighted by atomic mass is 10.1. The van der Waals surface area contributed by atoms with Gasteiger partial charge in [-0.1, -0.05) is 0 Å². The summed E-state index contributed by atoms with van der Waals surface area (Å²) >= 11 is 0. The molecule has 8 heteroatoms. The summed E-state index contributed by atoms with van der Waals surface area (Å²) < 4.78 is 7.35. The summed E-state index contributed by atoms with van der Waals surface area (Å²) in [6.45, 7) is 3.94. The summed E-state index contributed by atoms with van der Waals surface area (Å²) in [5.41, 5.74) is 4.25. The summed E-state index contributed by atoms with van der Waals surface area (Å²) in [4.78, 5) is 8.87. The van der Waals surface area contributed by atoms with Gasteiger partial charge < -0.3 is 10.1 Å². The standard InChI is InChI=1S/C20H21N7O/c1-12-5-6-16(25-24-12)13(2)23-20-15-9-14(17-7-8-27(3)26-17)10-18(28-4)19(15)21-11-22-20/h5-11,13H,1-4H3,(H,21,22,23)/t13-/m1/s1. The molecule has 3 aromatic heterocycles. The maximum absolute atomic E-state index is 5.58. The number of ether oxygens (including phenoxy) is 1. The van der Waals surface area contributed by atoms with Crippen LogP contribution in [0.15, 0.2) is 42.9 Å². The normalized spacial score (nSPS) is 12.1. The summed E-state index contributed by atoms with van der Waals surface area (Å²) in [7, 11) is 3.53. The molecule has 0 saturated carbocycles. The fraction of sp³-hybridized carbons (Fsp3) is 0.250. The van der Waals surface area contributed by atoms with Crippen LogP contribution in [0.25, 0.3) is 22.2 Å². The molecule has 0 aliphatic heterocycles. The third-order valence-corrected chi connectivity index (χ3v) is 4.55. The first kappa shape index (κ1) is 17.8. The second-order valence-corrected chi connectivity index (χ2v) is 6.64. The van der Waals surface area contributed by atoms with Gasteiger partial charge in [-0.05, 0) is 44.2 Å². The third-order valence-electron chi connectivity index (χ3n) is 4.55. The summed E-state index contributed by atoms with van der Waals surface area (Å²) in [5, 5.41) is 17.2. The van der Waals surface area contributed by atoms with E-state index in [2.05, 4.69) is 30.6 Å². The third kappa shape index (κ3) is 3.36. The minimum absolute atomic E-state index is 0.0734. The molecule has 0 radical (unpaired) electrons. The minimum atomic E-state index is -0.0734. The molecule has 0 saturated heterocycles. The smallest absolute Gasteiger partial charge is 0.145 e. The SMILES string of the molecule is COc1cc(-c2ccn(C)n2)cc2c(N[C@H](C)c3ccc(C)nn3)ncnc12. The van der Waals surface area contributed by atoms with Crippen molar-refractivity contribution < 1.29 is 4.74 Å². The lowest BCUT2D eigenvalue weighted by molar-refractivity contribution is 0.419. The molecule has 0 fully saturated rings. The molecule has 1 aromatic carbocycles. The van der Waals surface area contributed by atoms with Crippen LogP contribution in [0.5, 0.6) is 5.75 Å². The predicted octanol–water partition coefficient (Wildman–Crippen LogP) is 3.31. The van der Waals surface area contributed by atoms with E-state index in [4.69, 9.17) is 4.74 Å². The van der Waals surface area contributed by atoms with Crippen molar-refractivity contribution in [1.29, 1.82) is 0 Å². The van der Waals surface area contributed by atoms with Crippen molar-refractivity contribution in [3.8, 4) is 17.0 Å². The van der Waals surface area contributed by atoms with Crippen LogP contribution in [-0.2, 0) is 7.05 Å². The van der Waals surface area contributed by atoms with Gasteiger partial charge in [0.05, 0.1) is 30.2 Å². The van der Waals surface area contributed by atoms with Gasteiger partial charge in [0, 0.05) is 24.2 Å². The largest absolute Gasteiger partial charge is 0.494 e. The number of benzene rings is 1. The first-order chi connectivity index (χ1) is 13.5. The second-order valence-electron chi connectivity index (χ2n) is 6.64. The maximum Gasteiger partial charge on any atom is 0.145 e. The van der Waals surface area contributed by atoms with E-state index in [-0.39, 0.29) is 6.04 Å². The monoisotopic (exact) mass is 375 g/mol. The zero-order valence-electron chi connectivity index (χ0n) is 16.2. The van der Waals surface area contributed by atoms with Crippen LogP contribution in [0.3, 0.4) is 0 Å². The molecule has 0 aliphatic carbocycles. The molecule has 3 heterocycles. The molecule has 0 spiro atoms. The number of methoxy groups -OCH3 is 1. The van der Waals surface area contributed by atoms with Gasteiger partial charge in [-0.25, -0.2) is 9.97 Å². The maximum atomic E-state index is 5.58. The predicted molar refractivity (Wildman–Crippen MR) is 107 cm³/mol. The number of fused-ring (bicyclic) bond motifs is 1.